The van der Waals surface area contributed by atoms with Gasteiger partial charge in [0.1, 0.15) is 12.4 Å². The largest absolute Gasteiger partial charge is 0.489 e. The number of ether oxygens (including phenoxy) is 1. The molecule has 0 atom stereocenters. The number of rotatable bonds is 8. The fourth-order valence-corrected chi connectivity index (χ4v) is 2.53. The van der Waals surface area contributed by atoms with Crippen molar-refractivity contribution in [3.05, 3.63) is 54.4 Å². The van der Waals surface area contributed by atoms with Crippen molar-refractivity contribution in [3.63, 3.8) is 0 Å². The molecule has 1 aromatic heterocycles. The second kappa shape index (κ2) is 8.45. The number of hydrogen-bond acceptors (Lipinski definition) is 4. The zero-order valence-electron chi connectivity index (χ0n) is 14.3. The lowest BCUT2D eigenvalue weighted by molar-refractivity contribution is -0.125. The van der Waals surface area contributed by atoms with Crippen LogP contribution >= 0.6 is 0 Å². The molecule has 1 amide bonds. The first-order valence-electron chi connectivity index (χ1n) is 8.27. The second-order valence-electron chi connectivity index (χ2n) is 5.82. The van der Waals surface area contributed by atoms with Gasteiger partial charge in [-0.1, -0.05) is 26.0 Å². The van der Waals surface area contributed by atoms with Crippen molar-refractivity contribution in [1.29, 1.82) is 0 Å². The van der Waals surface area contributed by atoms with E-state index in [1.54, 1.807) is 12.4 Å². The van der Waals surface area contributed by atoms with E-state index in [0.29, 0.717) is 37.4 Å². The highest BCUT2D eigenvalue weighted by Gasteiger charge is 2.33. The number of nitrogens with one attached hydrogen (secondary N) is 1. The lowest BCUT2D eigenvalue weighted by atomic mass is 9.81. The molecule has 0 saturated carbocycles. The average Bonchev–Trinajstić information content (AvgIpc) is 2.63. The predicted octanol–water partition coefficient (Wildman–Crippen LogP) is 3.36. The van der Waals surface area contributed by atoms with E-state index < -0.39 is 5.41 Å². The molecule has 0 aliphatic rings. The number of hydrogen-bond donors (Lipinski definition) is 2. The molecule has 0 spiro atoms. The summed E-state index contributed by atoms with van der Waals surface area (Å²) in [6.07, 6.45) is 4.92. The first kappa shape index (κ1) is 17.9. The van der Waals surface area contributed by atoms with Gasteiger partial charge in [0, 0.05) is 36.3 Å². The monoisotopic (exact) mass is 327 g/mol. The summed E-state index contributed by atoms with van der Waals surface area (Å²) < 4.78 is 5.76. The number of nitrogens with zero attached hydrogens (tertiary/aromatic N) is 1. The van der Waals surface area contributed by atoms with Gasteiger partial charge in [0.25, 0.3) is 0 Å². The van der Waals surface area contributed by atoms with Crippen molar-refractivity contribution >= 4 is 11.6 Å². The number of amides is 1. The Labute approximate surface area is 143 Å². The van der Waals surface area contributed by atoms with Crippen LogP contribution in [0.4, 0.5) is 5.69 Å². The van der Waals surface area contributed by atoms with Crippen LogP contribution in [-0.4, -0.2) is 17.4 Å². The first-order valence-corrected chi connectivity index (χ1v) is 8.27. The smallest absolute Gasteiger partial charge is 0.231 e. The maximum absolute atomic E-state index is 12.6. The van der Waals surface area contributed by atoms with Crippen molar-refractivity contribution in [1.82, 2.24) is 4.98 Å². The third kappa shape index (κ3) is 4.32. The molecule has 1 heterocycles. The Kier molecular flexibility index (Phi) is 6.32. The highest BCUT2D eigenvalue weighted by Crippen LogP contribution is 2.28. The van der Waals surface area contributed by atoms with E-state index in [1.807, 2.05) is 50.2 Å². The Hall–Kier alpha value is -2.40. The molecule has 128 valence electrons. The fourth-order valence-electron chi connectivity index (χ4n) is 2.53. The van der Waals surface area contributed by atoms with Crippen LogP contribution in [0.1, 0.15) is 32.3 Å². The minimum Gasteiger partial charge on any atom is -0.489 e. The Bertz CT molecular complexity index is 646. The highest BCUT2D eigenvalue weighted by atomic mass is 16.5. The summed E-state index contributed by atoms with van der Waals surface area (Å²) >= 11 is 0. The topological polar surface area (TPSA) is 77.2 Å². The SMILES string of the molecule is CCC(CC)(CN)C(=O)Nc1cccc(OCc2cccnc2)c1. The van der Waals surface area contributed by atoms with Gasteiger partial charge in [-0.2, -0.15) is 0 Å². The van der Waals surface area contributed by atoms with Crippen LogP contribution in [0.5, 0.6) is 5.75 Å². The Balaban J connectivity index is 2.03. The van der Waals surface area contributed by atoms with Crippen LogP contribution in [0.3, 0.4) is 0 Å². The van der Waals surface area contributed by atoms with Gasteiger partial charge in [0.05, 0.1) is 5.41 Å². The molecule has 0 fully saturated rings. The van der Waals surface area contributed by atoms with Crippen molar-refractivity contribution < 1.29 is 9.53 Å². The zero-order chi connectivity index (χ0) is 17.4. The predicted molar refractivity (Wildman–Crippen MR) is 95.7 cm³/mol. The number of benzene rings is 1. The average molecular weight is 327 g/mol. The summed E-state index contributed by atoms with van der Waals surface area (Å²) in [5.41, 5.74) is 7.02. The molecule has 0 aliphatic heterocycles. The lowest BCUT2D eigenvalue weighted by Gasteiger charge is -2.28. The van der Waals surface area contributed by atoms with Crippen LogP contribution in [-0.2, 0) is 11.4 Å². The van der Waals surface area contributed by atoms with Crippen molar-refractivity contribution in [2.45, 2.75) is 33.3 Å². The molecular weight excluding hydrogens is 302 g/mol. The van der Waals surface area contributed by atoms with E-state index in [-0.39, 0.29) is 5.91 Å². The highest BCUT2D eigenvalue weighted by molar-refractivity contribution is 5.95. The maximum Gasteiger partial charge on any atom is 0.231 e. The molecule has 2 rings (SSSR count). The molecule has 0 aliphatic carbocycles. The molecule has 0 saturated heterocycles. The van der Waals surface area contributed by atoms with Crippen molar-refractivity contribution in [3.8, 4) is 5.75 Å². The molecule has 3 N–H and O–H groups in total. The van der Waals surface area contributed by atoms with Crippen molar-refractivity contribution in [2.24, 2.45) is 11.1 Å². The van der Waals surface area contributed by atoms with Gasteiger partial charge in [-0.3, -0.25) is 9.78 Å². The van der Waals surface area contributed by atoms with Crippen LogP contribution in [0.15, 0.2) is 48.8 Å². The zero-order valence-corrected chi connectivity index (χ0v) is 14.3. The van der Waals surface area contributed by atoms with E-state index in [0.717, 1.165) is 5.56 Å². The number of pyridine rings is 1. The number of carbonyl (C=O) groups excluding carboxylic acids is 1. The van der Waals surface area contributed by atoms with Crippen LogP contribution < -0.4 is 15.8 Å². The van der Waals surface area contributed by atoms with Crippen LogP contribution in [0, 0.1) is 5.41 Å². The Morgan fingerprint density at radius 1 is 1.25 bits per heavy atom. The molecule has 24 heavy (non-hydrogen) atoms. The normalized spacial score (nSPS) is 11.1. The molecule has 0 unspecified atom stereocenters. The van der Waals surface area contributed by atoms with Gasteiger partial charge in [-0.05, 0) is 31.0 Å². The van der Waals surface area contributed by atoms with Crippen molar-refractivity contribution in [2.75, 3.05) is 11.9 Å². The Morgan fingerprint density at radius 2 is 2.04 bits per heavy atom. The standard InChI is InChI=1S/C19H25N3O2/c1-3-19(4-2,14-20)18(23)22-16-8-5-9-17(11-16)24-13-15-7-6-10-21-12-15/h5-12H,3-4,13-14,20H2,1-2H3,(H,22,23). The number of anilines is 1. The molecule has 1 aromatic carbocycles. The summed E-state index contributed by atoms with van der Waals surface area (Å²) in [6, 6.07) is 11.2. The van der Waals surface area contributed by atoms with Gasteiger partial charge < -0.3 is 15.8 Å². The van der Waals surface area contributed by atoms with E-state index in [4.69, 9.17) is 10.5 Å². The first-order chi connectivity index (χ1) is 11.6. The third-order valence-corrected chi connectivity index (χ3v) is 4.45. The second-order valence-corrected chi connectivity index (χ2v) is 5.82. The van der Waals surface area contributed by atoms with E-state index in [2.05, 4.69) is 10.3 Å². The van der Waals surface area contributed by atoms with E-state index >= 15 is 0 Å². The molecule has 0 radical (unpaired) electrons. The molecule has 5 nitrogen and oxygen atoms in total. The number of nitrogens with two attached hydrogens (primary N) is 1. The lowest BCUT2D eigenvalue weighted by Crippen LogP contribution is -2.41. The van der Waals surface area contributed by atoms with E-state index in [1.165, 1.54) is 0 Å². The van der Waals surface area contributed by atoms with Crippen LogP contribution in [0.25, 0.3) is 0 Å². The molecule has 0 bridgehead atoms. The van der Waals surface area contributed by atoms with Gasteiger partial charge in [-0.15, -0.1) is 0 Å². The summed E-state index contributed by atoms with van der Waals surface area (Å²) in [6.45, 7) is 4.75. The number of carbonyl (C=O) groups is 1. The third-order valence-electron chi connectivity index (χ3n) is 4.45. The minimum atomic E-state index is -0.521. The van der Waals surface area contributed by atoms with Gasteiger partial charge in [0.2, 0.25) is 5.91 Å². The quantitative estimate of drug-likeness (QED) is 0.779. The fraction of sp³-hybridized carbons (Fsp3) is 0.368. The van der Waals surface area contributed by atoms with Gasteiger partial charge in [-0.25, -0.2) is 0 Å². The molecular formula is C19H25N3O2. The van der Waals surface area contributed by atoms with Gasteiger partial charge in [0.15, 0.2) is 0 Å². The van der Waals surface area contributed by atoms with Gasteiger partial charge >= 0.3 is 0 Å². The summed E-state index contributed by atoms with van der Waals surface area (Å²) in [4.78, 5) is 16.6. The number of aromatic nitrogens is 1. The Morgan fingerprint density at radius 3 is 2.67 bits per heavy atom. The summed E-state index contributed by atoms with van der Waals surface area (Å²) in [5.74, 6) is 0.655. The minimum absolute atomic E-state index is 0.0422. The summed E-state index contributed by atoms with van der Waals surface area (Å²) in [5, 5.41) is 2.96. The molecule has 5 heteroatoms. The van der Waals surface area contributed by atoms with E-state index in [9.17, 15) is 4.79 Å². The maximum atomic E-state index is 12.6. The van der Waals surface area contributed by atoms with Crippen LogP contribution in [0.2, 0.25) is 0 Å². The summed E-state index contributed by atoms with van der Waals surface area (Å²) in [7, 11) is 0. The molecule has 2 aromatic rings.